The van der Waals surface area contributed by atoms with Gasteiger partial charge in [0.1, 0.15) is 5.82 Å². The molecule has 0 bridgehead atoms. The largest absolute Gasteiger partial charge is 0.396 e. The second-order valence-corrected chi connectivity index (χ2v) is 3.56. The van der Waals surface area contributed by atoms with Gasteiger partial charge in [-0.25, -0.2) is 4.98 Å². The molecule has 3 N–H and O–H groups in total. The van der Waals surface area contributed by atoms with E-state index >= 15 is 0 Å². The minimum absolute atomic E-state index is 0.221. The lowest BCUT2D eigenvalue weighted by Crippen LogP contribution is -2.02. The fourth-order valence-electron chi connectivity index (χ4n) is 1.56. The first-order valence-corrected chi connectivity index (χ1v) is 5.11. The number of benzene rings is 1. The van der Waals surface area contributed by atoms with Gasteiger partial charge in [0.25, 0.3) is 0 Å². The number of imidazole rings is 1. The van der Waals surface area contributed by atoms with E-state index in [9.17, 15) is 0 Å². The summed E-state index contributed by atoms with van der Waals surface area (Å²) < 4.78 is 0. The molecule has 1 aromatic carbocycles. The molecule has 2 rings (SSSR count). The number of aliphatic hydroxyl groups is 1. The fourth-order valence-corrected chi connectivity index (χ4v) is 1.56. The number of aromatic nitrogens is 2. The molecule has 0 atom stereocenters. The van der Waals surface area contributed by atoms with E-state index in [-0.39, 0.29) is 6.61 Å². The zero-order valence-electron chi connectivity index (χ0n) is 8.75. The van der Waals surface area contributed by atoms with E-state index in [0.29, 0.717) is 0 Å². The highest BCUT2D eigenvalue weighted by molar-refractivity contribution is 5.79. The molecule has 0 fully saturated rings. The fraction of sp³-hybridized carbons (Fsp3) is 0.364. The minimum atomic E-state index is 0.221. The summed E-state index contributed by atoms with van der Waals surface area (Å²) in [4.78, 5) is 7.52. The molecule has 0 aliphatic rings. The van der Waals surface area contributed by atoms with E-state index in [0.717, 1.165) is 35.5 Å². The molecular weight excluding hydrogens is 190 g/mol. The van der Waals surface area contributed by atoms with Crippen LogP contribution in [-0.4, -0.2) is 28.2 Å². The van der Waals surface area contributed by atoms with Crippen molar-refractivity contribution in [3.8, 4) is 0 Å². The van der Waals surface area contributed by atoms with Crippen molar-refractivity contribution in [2.24, 2.45) is 0 Å². The molecule has 0 saturated heterocycles. The summed E-state index contributed by atoms with van der Waals surface area (Å²) >= 11 is 0. The molecule has 1 aromatic heterocycles. The van der Waals surface area contributed by atoms with Crippen LogP contribution in [0.4, 0.5) is 5.69 Å². The Kier molecular flexibility index (Phi) is 2.87. The molecule has 0 aliphatic heterocycles. The van der Waals surface area contributed by atoms with Crippen molar-refractivity contribution in [2.45, 2.75) is 13.3 Å². The minimum Gasteiger partial charge on any atom is -0.396 e. The highest BCUT2D eigenvalue weighted by atomic mass is 16.3. The molecule has 0 aliphatic carbocycles. The van der Waals surface area contributed by atoms with Crippen LogP contribution in [0.2, 0.25) is 0 Å². The normalized spacial score (nSPS) is 10.8. The number of aliphatic hydroxyl groups excluding tert-OH is 1. The number of aryl methyl sites for hydroxylation is 1. The molecule has 0 radical (unpaired) electrons. The maximum absolute atomic E-state index is 8.66. The monoisotopic (exact) mass is 205 g/mol. The third kappa shape index (κ3) is 2.27. The second-order valence-electron chi connectivity index (χ2n) is 3.56. The van der Waals surface area contributed by atoms with E-state index in [4.69, 9.17) is 5.11 Å². The van der Waals surface area contributed by atoms with Gasteiger partial charge in [-0.05, 0) is 31.5 Å². The van der Waals surface area contributed by atoms with Crippen LogP contribution in [0.3, 0.4) is 0 Å². The molecule has 0 unspecified atom stereocenters. The SMILES string of the molecule is Cc1nc2ccc(NCCCO)cc2[nH]1. The quantitative estimate of drug-likeness (QED) is 0.665. The van der Waals surface area contributed by atoms with E-state index in [1.807, 2.05) is 25.1 Å². The summed E-state index contributed by atoms with van der Waals surface area (Å²) in [5.74, 6) is 0.928. The molecule has 4 nitrogen and oxygen atoms in total. The van der Waals surface area contributed by atoms with Gasteiger partial charge in [-0.1, -0.05) is 0 Å². The molecule has 0 amide bonds. The Hall–Kier alpha value is -1.55. The number of aromatic amines is 1. The van der Waals surface area contributed by atoms with Crippen LogP contribution in [0, 0.1) is 6.92 Å². The van der Waals surface area contributed by atoms with Crippen LogP contribution in [0.5, 0.6) is 0 Å². The van der Waals surface area contributed by atoms with Crippen LogP contribution in [-0.2, 0) is 0 Å². The molecule has 80 valence electrons. The van der Waals surface area contributed by atoms with Crippen LogP contribution >= 0.6 is 0 Å². The van der Waals surface area contributed by atoms with E-state index < -0.39 is 0 Å². The topological polar surface area (TPSA) is 60.9 Å². The summed E-state index contributed by atoms with van der Waals surface area (Å²) in [5.41, 5.74) is 3.08. The highest BCUT2D eigenvalue weighted by Gasteiger charge is 1.99. The van der Waals surface area contributed by atoms with E-state index in [1.165, 1.54) is 0 Å². The number of nitrogens with zero attached hydrogens (tertiary/aromatic N) is 1. The Morgan fingerprint density at radius 3 is 3.13 bits per heavy atom. The van der Waals surface area contributed by atoms with E-state index in [1.54, 1.807) is 0 Å². The zero-order chi connectivity index (χ0) is 10.7. The molecule has 2 aromatic rings. The molecule has 1 heterocycles. The van der Waals surface area contributed by atoms with Gasteiger partial charge < -0.3 is 15.4 Å². The molecule has 0 saturated carbocycles. The number of nitrogens with one attached hydrogen (secondary N) is 2. The molecular formula is C11H15N3O. The predicted molar refractivity (Wildman–Crippen MR) is 61.0 cm³/mol. The Balaban J connectivity index is 2.15. The number of hydrogen-bond acceptors (Lipinski definition) is 3. The summed E-state index contributed by atoms with van der Waals surface area (Å²) in [6.45, 7) is 2.95. The van der Waals surface area contributed by atoms with Gasteiger partial charge >= 0.3 is 0 Å². The van der Waals surface area contributed by atoms with Gasteiger partial charge in [0.05, 0.1) is 11.0 Å². The number of H-pyrrole nitrogens is 1. The van der Waals surface area contributed by atoms with Gasteiger partial charge in [-0.15, -0.1) is 0 Å². The summed E-state index contributed by atoms with van der Waals surface area (Å²) in [5, 5.41) is 11.9. The third-order valence-corrected chi connectivity index (χ3v) is 2.26. The first-order chi connectivity index (χ1) is 7.29. The van der Waals surface area contributed by atoms with Crippen LogP contribution < -0.4 is 5.32 Å². The smallest absolute Gasteiger partial charge is 0.104 e. The number of anilines is 1. The Morgan fingerprint density at radius 1 is 1.47 bits per heavy atom. The van der Waals surface area contributed by atoms with E-state index in [2.05, 4.69) is 15.3 Å². The maximum atomic E-state index is 8.66. The van der Waals surface area contributed by atoms with Crippen molar-refractivity contribution in [2.75, 3.05) is 18.5 Å². The Labute approximate surface area is 88.3 Å². The second kappa shape index (κ2) is 4.31. The van der Waals surface area contributed by atoms with Gasteiger partial charge in [0, 0.05) is 18.8 Å². The van der Waals surface area contributed by atoms with Crippen LogP contribution in [0.15, 0.2) is 18.2 Å². The molecule has 0 spiro atoms. The van der Waals surface area contributed by atoms with Gasteiger partial charge in [-0.2, -0.15) is 0 Å². The van der Waals surface area contributed by atoms with Crippen molar-refractivity contribution in [1.82, 2.24) is 9.97 Å². The van der Waals surface area contributed by atoms with Gasteiger partial charge in [-0.3, -0.25) is 0 Å². The predicted octanol–water partition coefficient (Wildman–Crippen LogP) is 1.67. The maximum Gasteiger partial charge on any atom is 0.104 e. The summed E-state index contributed by atoms with van der Waals surface area (Å²) in [6.07, 6.45) is 0.764. The lowest BCUT2D eigenvalue weighted by molar-refractivity contribution is 0.292. The Morgan fingerprint density at radius 2 is 2.33 bits per heavy atom. The average molecular weight is 205 g/mol. The highest BCUT2D eigenvalue weighted by Crippen LogP contribution is 2.16. The molecule has 4 heteroatoms. The first kappa shape index (κ1) is 9.98. The number of fused-ring (bicyclic) bond motifs is 1. The average Bonchev–Trinajstić information content (AvgIpc) is 2.57. The third-order valence-electron chi connectivity index (χ3n) is 2.26. The van der Waals surface area contributed by atoms with Crippen molar-refractivity contribution in [3.63, 3.8) is 0 Å². The summed E-state index contributed by atoms with van der Waals surface area (Å²) in [6, 6.07) is 6.02. The zero-order valence-corrected chi connectivity index (χ0v) is 8.75. The lowest BCUT2D eigenvalue weighted by atomic mass is 10.2. The summed E-state index contributed by atoms with van der Waals surface area (Å²) in [7, 11) is 0. The number of hydrogen-bond donors (Lipinski definition) is 3. The van der Waals surface area contributed by atoms with Gasteiger partial charge in [0.2, 0.25) is 0 Å². The standard InChI is InChI=1S/C11H15N3O/c1-8-13-10-4-3-9(7-11(10)14-8)12-5-2-6-15/h3-4,7,12,15H,2,5-6H2,1H3,(H,13,14). The van der Waals surface area contributed by atoms with Crippen LogP contribution in [0.1, 0.15) is 12.2 Å². The van der Waals surface area contributed by atoms with Crippen molar-refractivity contribution in [1.29, 1.82) is 0 Å². The van der Waals surface area contributed by atoms with Gasteiger partial charge in [0.15, 0.2) is 0 Å². The van der Waals surface area contributed by atoms with Crippen LogP contribution in [0.25, 0.3) is 11.0 Å². The van der Waals surface area contributed by atoms with Crippen molar-refractivity contribution >= 4 is 16.7 Å². The first-order valence-electron chi connectivity index (χ1n) is 5.11. The molecule has 15 heavy (non-hydrogen) atoms. The Bertz CT molecular complexity index is 450. The van der Waals surface area contributed by atoms with Crippen molar-refractivity contribution < 1.29 is 5.11 Å². The van der Waals surface area contributed by atoms with Crippen molar-refractivity contribution in [3.05, 3.63) is 24.0 Å². The number of rotatable bonds is 4. The lowest BCUT2D eigenvalue weighted by Gasteiger charge is -2.04.